The van der Waals surface area contributed by atoms with E-state index < -0.39 is 6.89 Å². The van der Waals surface area contributed by atoms with Gasteiger partial charge in [-0.05, 0) is 48.2 Å². The fraction of sp³-hybridized carbons (Fsp3) is 0.310. The van der Waals surface area contributed by atoms with E-state index in [1.54, 1.807) is 10.7 Å². The van der Waals surface area contributed by atoms with E-state index in [9.17, 15) is 0 Å². The van der Waals surface area contributed by atoms with Crippen molar-refractivity contribution in [3.63, 3.8) is 0 Å². The monoisotopic (exact) mass is 445 g/mol. The minimum Gasteiger partial charge on any atom is -0.289 e. The molecule has 0 heterocycles. The van der Waals surface area contributed by atoms with Crippen molar-refractivity contribution in [3.05, 3.63) is 96.7 Å². The first-order chi connectivity index (χ1) is 15.2. The van der Waals surface area contributed by atoms with Crippen molar-refractivity contribution in [1.82, 2.24) is 0 Å². The van der Waals surface area contributed by atoms with Crippen LogP contribution in [0, 0.1) is 5.66 Å². The first-order valence-corrected chi connectivity index (χ1v) is 14.8. The standard InChI is InChI=1S/C29H35P2/c1-24(2)30(26-16-8-4-9-17-26)25(3)31(27-18-10-5-11-19-27,28-20-12-6-13-21-28)29-22-14-7-15-23-29/h5-7,10-15,18-23,26H,4,8-9,16-17H2,1-3H3/q-1. The Hall–Kier alpha value is -1.61. The van der Waals surface area contributed by atoms with E-state index in [-0.39, 0.29) is 7.92 Å². The van der Waals surface area contributed by atoms with Gasteiger partial charge in [-0.3, -0.25) is 5.66 Å². The smallest absolute Gasteiger partial charge is 0.0159 e. The Morgan fingerprint density at radius 1 is 0.677 bits per heavy atom. The minimum absolute atomic E-state index is 0.275. The summed E-state index contributed by atoms with van der Waals surface area (Å²) in [5, 5.41) is 6.23. The summed E-state index contributed by atoms with van der Waals surface area (Å²) in [5.74, 6) is 0. The summed E-state index contributed by atoms with van der Waals surface area (Å²) in [4.78, 5) is 0. The lowest BCUT2D eigenvalue weighted by atomic mass is 10.0. The van der Waals surface area contributed by atoms with Gasteiger partial charge in [-0.1, -0.05) is 115 Å². The fourth-order valence-electron chi connectivity index (χ4n) is 5.42. The molecule has 0 nitrogen and oxygen atoms in total. The zero-order valence-corrected chi connectivity index (χ0v) is 21.0. The highest BCUT2D eigenvalue weighted by atomic mass is 31.2. The van der Waals surface area contributed by atoms with Crippen LogP contribution in [0.5, 0.6) is 0 Å². The van der Waals surface area contributed by atoms with Gasteiger partial charge in [-0.25, -0.2) is 7.92 Å². The third-order valence-electron chi connectivity index (χ3n) is 6.69. The van der Waals surface area contributed by atoms with Gasteiger partial charge in [-0.2, -0.15) is 13.8 Å². The summed E-state index contributed by atoms with van der Waals surface area (Å²) in [7, 11) is -0.275. The summed E-state index contributed by atoms with van der Waals surface area (Å²) in [5.41, 5.74) is 2.48. The first kappa shape index (κ1) is 22.6. The molecule has 2 heteroatoms. The molecule has 1 aliphatic rings. The maximum Gasteiger partial charge on any atom is -0.0159 e. The van der Waals surface area contributed by atoms with Crippen LogP contribution in [0.25, 0.3) is 0 Å². The Morgan fingerprint density at radius 2 is 1.06 bits per heavy atom. The summed E-state index contributed by atoms with van der Waals surface area (Å²) >= 11 is 0. The number of hydrogen-bond acceptors (Lipinski definition) is 0. The van der Waals surface area contributed by atoms with E-state index in [4.69, 9.17) is 0 Å². The van der Waals surface area contributed by atoms with Crippen LogP contribution in [-0.2, 0) is 0 Å². The molecule has 3 aromatic rings. The Balaban J connectivity index is 2.10. The predicted molar refractivity (Wildman–Crippen MR) is 144 cm³/mol. The van der Waals surface area contributed by atoms with Gasteiger partial charge in [0.25, 0.3) is 0 Å². The van der Waals surface area contributed by atoms with Crippen LogP contribution in [0.2, 0.25) is 0 Å². The van der Waals surface area contributed by atoms with E-state index in [2.05, 4.69) is 112 Å². The zero-order valence-electron chi connectivity index (χ0n) is 19.2. The van der Waals surface area contributed by atoms with Crippen molar-refractivity contribution in [2.24, 2.45) is 0 Å². The largest absolute Gasteiger partial charge is 0.289 e. The van der Waals surface area contributed by atoms with Gasteiger partial charge in [0, 0.05) is 0 Å². The molecule has 4 rings (SSSR count). The molecule has 1 unspecified atom stereocenters. The van der Waals surface area contributed by atoms with Crippen LogP contribution >= 0.6 is 14.8 Å². The lowest BCUT2D eigenvalue weighted by Gasteiger charge is -2.48. The Bertz CT molecular complexity index is 897. The zero-order chi connectivity index (χ0) is 21.7. The Labute approximate surface area is 190 Å². The number of rotatable bonds is 6. The van der Waals surface area contributed by atoms with Gasteiger partial charge in [-0.15, -0.1) is 0 Å². The molecule has 0 aromatic heterocycles. The van der Waals surface area contributed by atoms with E-state index >= 15 is 0 Å². The molecular weight excluding hydrogens is 410 g/mol. The van der Waals surface area contributed by atoms with Gasteiger partial charge in [0.1, 0.15) is 0 Å². The summed E-state index contributed by atoms with van der Waals surface area (Å²) in [6.45, 7) is 5.43. The highest BCUT2D eigenvalue weighted by Crippen LogP contribution is 2.63. The summed E-state index contributed by atoms with van der Waals surface area (Å²) in [6, 6.07) is 34.2. The molecule has 1 atom stereocenters. The van der Waals surface area contributed by atoms with Gasteiger partial charge >= 0.3 is 0 Å². The molecule has 1 saturated carbocycles. The van der Waals surface area contributed by atoms with Crippen molar-refractivity contribution in [2.45, 2.75) is 58.5 Å². The second-order valence-corrected chi connectivity index (χ2v) is 15.8. The topological polar surface area (TPSA) is 0 Å². The Morgan fingerprint density at radius 3 is 1.42 bits per heavy atom. The van der Waals surface area contributed by atoms with Crippen LogP contribution in [0.15, 0.2) is 91.0 Å². The average molecular weight is 446 g/mol. The van der Waals surface area contributed by atoms with Crippen LogP contribution < -0.4 is 15.9 Å². The minimum atomic E-state index is -1.90. The summed E-state index contributed by atoms with van der Waals surface area (Å²) in [6.07, 6.45) is 7.01. The van der Waals surface area contributed by atoms with Gasteiger partial charge in [0.2, 0.25) is 0 Å². The molecule has 1 fully saturated rings. The lowest BCUT2D eigenvalue weighted by molar-refractivity contribution is 0.512. The van der Waals surface area contributed by atoms with Crippen molar-refractivity contribution in [1.29, 1.82) is 0 Å². The average Bonchev–Trinajstić information content (AvgIpc) is 2.82. The van der Waals surface area contributed by atoms with E-state index in [1.165, 1.54) is 48.0 Å². The molecule has 0 saturated heterocycles. The molecule has 0 radical (unpaired) electrons. The predicted octanol–water partition coefficient (Wildman–Crippen LogP) is 7.52. The lowest BCUT2D eigenvalue weighted by Crippen LogP contribution is -2.30. The molecule has 3 aromatic carbocycles. The van der Waals surface area contributed by atoms with E-state index in [0.717, 1.165) is 5.66 Å². The van der Waals surface area contributed by atoms with Crippen LogP contribution in [-0.4, -0.2) is 10.7 Å². The first-order valence-electron chi connectivity index (χ1n) is 11.6. The SMILES string of the molecule is CC(P([C-](C)C)C1CCCCC1)=P(c1ccccc1)(c1ccccc1)c1ccccc1. The second kappa shape index (κ2) is 10.3. The van der Waals surface area contributed by atoms with Gasteiger partial charge in [0.15, 0.2) is 0 Å². The molecule has 0 aliphatic heterocycles. The van der Waals surface area contributed by atoms with Crippen molar-refractivity contribution in [3.8, 4) is 0 Å². The summed E-state index contributed by atoms with van der Waals surface area (Å²) < 4.78 is 0. The highest BCUT2D eigenvalue weighted by Gasteiger charge is 2.31. The van der Waals surface area contributed by atoms with Gasteiger partial charge in [0.05, 0.1) is 0 Å². The Kier molecular flexibility index (Phi) is 7.53. The van der Waals surface area contributed by atoms with E-state index in [1.807, 2.05) is 0 Å². The van der Waals surface area contributed by atoms with Crippen molar-refractivity contribution < 1.29 is 0 Å². The normalized spacial score (nSPS) is 16.3. The molecule has 0 bridgehead atoms. The molecule has 162 valence electrons. The van der Waals surface area contributed by atoms with Crippen LogP contribution in [0.4, 0.5) is 0 Å². The maximum atomic E-state index is 2.52. The highest BCUT2D eigenvalue weighted by molar-refractivity contribution is 8.07. The molecule has 0 spiro atoms. The fourth-order valence-corrected chi connectivity index (χ4v) is 15.5. The van der Waals surface area contributed by atoms with E-state index in [0.29, 0.717) is 0 Å². The molecule has 0 amide bonds. The second-order valence-electron chi connectivity index (χ2n) is 8.83. The number of benzene rings is 3. The molecule has 1 aliphatic carbocycles. The van der Waals surface area contributed by atoms with Crippen LogP contribution in [0.1, 0.15) is 52.9 Å². The van der Waals surface area contributed by atoms with Gasteiger partial charge < -0.3 is 0 Å². The number of hydrogen-bond donors (Lipinski definition) is 0. The molecular formula is C29H35P2-. The maximum absolute atomic E-state index is 2.52. The van der Waals surface area contributed by atoms with Crippen molar-refractivity contribution >= 4 is 35.8 Å². The van der Waals surface area contributed by atoms with Crippen molar-refractivity contribution in [2.75, 3.05) is 0 Å². The third-order valence-corrected chi connectivity index (χ3v) is 15.3. The van der Waals surface area contributed by atoms with Crippen LogP contribution in [0.3, 0.4) is 0 Å². The third kappa shape index (κ3) is 4.49. The molecule has 0 N–H and O–H groups in total. The molecule has 31 heavy (non-hydrogen) atoms. The quantitative estimate of drug-likeness (QED) is 0.272.